The molecule has 1 saturated heterocycles. The lowest BCUT2D eigenvalue weighted by Gasteiger charge is -1.94. The summed E-state index contributed by atoms with van der Waals surface area (Å²) < 4.78 is 0. The van der Waals surface area contributed by atoms with Crippen LogP contribution in [0.15, 0.2) is 0 Å². The van der Waals surface area contributed by atoms with Crippen LogP contribution < -0.4 is 17.7 Å². The molecule has 5 heteroatoms. The Morgan fingerprint density at radius 1 is 1.78 bits per heavy atom. The largest absolute Gasteiger partial charge is 1.00 e. The lowest BCUT2D eigenvalue weighted by molar-refractivity contribution is -0.649. The van der Waals surface area contributed by atoms with E-state index in [1.165, 1.54) is 0 Å². The van der Waals surface area contributed by atoms with Gasteiger partial charge in [-0.2, -0.15) is 0 Å². The number of aliphatic carboxylic acids is 1. The predicted octanol–water partition coefficient (Wildman–Crippen LogP) is -4.29. The van der Waals surface area contributed by atoms with Gasteiger partial charge in [0, 0.05) is 0 Å². The molecule has 1 aliphatic rings. The summed E-state index contributed by atoms with van der Waals surface area (Å²) >= 11 is 1.67. The molecular weight excluding hydrogens is 162 g/mol. The third-order valence-electron chi connectivity index (χ3n) is 1.11. The molecule has 0 spiro atoms. The molecule has 0 aliphatic carbocycles. The van der Waals surface area contributed by atoms with Crippen molar-refractivity contribution >= 4 is 17.7 Å². The molecule has 1 aliphatic heterocycles. The summed E-state index contributed by atoms with van der Waals surface area (Å²) in [5, 5.41) is 10.2. The Kier molecular flexibility index (Phi) is 4.01. The second kappa shape index (κ2) is 3.98. The van der Waals surface area contributed by atoms with Gasteiger partial charge in [0.15, 0.2) is 6.04 Å². The zero-order valence-electron chi connectivity index (χ0n) is 4.71. The summed E-state index contributed by atoms with van der Waals surface area (Å²) in [7, 11) is 0. The van der Waals surface area contributed by atoms with E-state index in [9.17, 15) is 4.79 Å². The molecule has 1 heterocycles. The van der Waals surface area contributed by atoms with E-state index in [0.717, 1.165) is 11.6 Å². The van der Waals surface area contributed by atoms with E-state index in [4.69, 9.17) is 5.11 Å². The van der Waals surface area contributed by atoms with E-state index in [-0.39, 0.29) is 18.4 Å². The molecule has 0 aromatic heterocycles. The van der Waals surface area contributed by atoms with Gasteiger partial charge in [-0.15, -0.1) is 0 Å². The quantitative estimate of drug-likeness (QED) is 0.418. The third-order valence-corrected chi connectivity index (χ3v) is 2.14. The molecular formula is C4H8ClNO2S. The third kappa shape index (κ3) is 2.43. The first-order valence-electron chi connectivity index (χ1n) is 2.44. The highest BCUT2D eigenvalue weighted by Crippen LogP contribution is 2.01. The number of nitrogens with two attached hydrogens (primary N) is 1. The van der Waals surface area contributed by atoms with Crippen molar-refractivity contribution in [2.24, 2.45) is 0 Å². The Morgan fingerprint density at radius 2 is 2.44 bits per heavy atom. The van der Waals surface area contributed by atoms with Crippen molar-refractivity contribution in [2.75, 3.05) is 11.6 Å². The van der Waals surface area contributed by atoms with Gasteiger partial charge in [0.25, 0.3) is 0 Å². The molecule has 3 nitrogen and oxygen atoms in total. The first-order valence-corrected chi connectivity index (χ1v) is 3.60. The smallest absolute Gasteiger partial charge is 0.363 e. The molecule has 0 saturated carbocycles. The lowest BCUT2D eigenvalue weighted by Crippen LogP contribution is -3.00. The van der Waals surface area contributed by atoms with Gasteiger partial charge in [0.1, 0.15) is 5.88 Å². The molecule has 0 amide bonds. The number of quaternary nitrogens is 1. The maximum atomic E-state index is 10.2. The number of carbonyl (C=O) groups is 1. The molecule has 3 N–H and O–H groups in total. The number of carboxylic acid groups (broad SMARTS) is 1. The van der Waals surface area contributed by atoms with Crippen LogP contribution in [0.4, 0.5) is 0 Å². The van der Waals surface area contributed by atoms with Crippen molar-refractivity contribution in [3.8, 4) is 0 Å². The second-order valence-electron chi connectivity index (χ2n) is 1.72. The molecule has 0 radical (unpaired) electrons. The van der Waals surface area contributed by atoms with Crippen LogP contribution in [0.1, 0.15) is 0 Å². The Morgan fingerprint density at radius 3 is 2.67 bits per heavy atom. The zero-order valence-corrected chi connectivity index (χ0v) is 6.28. The van der Waals surface area contributed by atoms with Gasteiger partial charge in [0.2, 0.25) is 0 Å². The van der Waals surface area contributed by atoms with Gasteiger partial charge >= 0.3 is 5.97 Å². The summed E-state index contributed by atoms with van der Waals surface area (Å²) in [5.41, 5.74) is 0. The molecule has 1 atom stereocenters. The highest BCUT2D eigenvalue weighted by molar-refractivity contribution is 7.99. The number of hydrogen-bond acceptors (Lipinski definition) is 2. The van der Waals surface area contributed by atoms with Crippen LogP contribution in [0.25, 0.3) is 0 Å². The summed E-state index contributed by atoms with van der Waals surface area (Å²) in [4.78, 5) is 10.2. The SMILES string of the molecule is O=C(O)[C@@H]1CSC[NH2+]1.[Cl-]. The first kappa shape index (κ1) is 9.07. The maximum absolute atomic E-state index is 10.2. The minimum absolute atomic E-state index is 0. The second-order valence-corrected chi connectivity index (χ2v) is 2.79. The summed E-state index contributed by atoms with van der Waals surface area (Å²) in [5.74, 6) is 0.974. The average Bonchev–Trinajstić information content (AvgIpc) is 2.12. The maximum Gasteiger partial charge on any atom is 0.363 e. The monoisotopic (exact) mass is 169 g/mol. The normalized spacial score (nSPS) is 25.1. The van der Waals surface area contributed by atoms with Crippen LogP contribution in [0.2, 0.25) is 0 Å². The van der Waals surface area contributed by atoms with Crippen LogP contribution in [-0.4, -0.2) is 28.7 Å². The van der Waals surface area contributed by atoms with Gasteiger partial charge in [-0.05, 0) is 0 Å². The van der Waals surface area contributed by atoms with Crippen molar-refractivity contribution < 1.29 is 27.6 Å². The standard InChI is InChI=1S/C4H7NO2S.ClH/c6-4(7)3-1-8-2-5-3;/h3,5H,1-2H2,(H,6,7);1H/t3-;/m0./s1. The van der Waals surface area contributed by atoms with Gasteiger partial charge in [-0.3, -0.25) is 0 Å². The fraction of sp³-hybridized carbons (Fsp3) is 0.750. The topological polar surface area (TPSA) is 53.9 Å². The minimum atomic E-state index is -0.685. The summed E-state index contributed by atoms with van der Waals surface area (Å²) in [6.07, 6.45) is 0. The fourth-order valence-electron chi connectivity index (χ4n) is 0.619. The molecule has 0 bridgehead atoms. The molecule has 1 fully saturated rings. The van der Waals surface area contributed by atoms with Crippen LogP contribution in [-0.2, 0) is 4.79 Å². The number of hydrogen-bond donors (Lipinski definition) is 2. The van der Waals surface area contributed by atoms with E-state index in [1.54, 1.807) is 11.8 Å². The molecule has 0 aromatic carbocycles. The number of rotatable bonds is 1. The number of thioether (sulfide) groups is 1. The number of halogens is 1. The Hall–Kier alpha value is 0.0700. The Bertz CT molecular complexity index is 105. The van der Waals surface area contributed by atoms with Crippen LogP contribution in [0, 0.1) is 0 Å². The molecule has 1 rings (SSSR count). The van der Waals surface area contributed by atoms with Crippen LogP contribution >= 0.6 is 11.8 Å². The van der Waals surface area contributed by atoms with E-state index in [1.807, 2.05) is 5.32 Å². The molecule has 9 heavy (non-hydrogen) atoms. The van der Waals surface area contributed by atoms with Gasteiger partial charge in [0.05, 0.1) is 5.75 Å². The first-order chi connectivity index (χ1) is 3.80. The van der Waals surface area contributed by atoms with Gasteiger partial charge in [-0.25, -0.2) is 4.79 Å². The van der Waals surface area contributed by atoms with Crippen molar-refractivity contribution in [2.45, 2.75) is 6.04 Å². The zero-order chi connectivity index (χ0) is 5.98. The molecule has 0 aromatic rings. The van der Waals surface area contributed by atoms with Gasteiger partial charge < -0.3 is 22.8 Å². The average molecular weight is 170 g/mol. The van der Waals surface area contributed by atoms with Crippen LogP contribution in [0.5, 0.6) is 0 Å². The van der Waals surface area contributed by atoms with E-state index in [0.29, 0.717) is 0 Å². The Balaban J connectivity index is 0.000000640. The van der Waals surface area contributed by atoms with Gasteiger partial charge in [-0.1, -0.05) is 11.8 Å². The summed E-state index contributed by atoms with van der Waals surface area (Å²) in [6.45, 7) is 0. The molecule has 0 unspecified atom stereocenters. The van der Waals surface area contributed by atoms with Crippen molar-refractivity contribution in [3.05, 3.63) is 0 Å². The van der Waals surface area contributed by atoms with Crippen molar-refractivity contribution in [1.29, 1.82) is 0 Å². The summed E-state index contributed by atoms with van der Waals surface area (Å²) in [6, 6.07) is -0.181. The lowest BCUT2D eigenvalue weighted by atomic mass is 10.4. The van der Waals surface area contributed by atoms with E-state index < -0.39 is 5.97 Å². The van der Waals surface area contributed by atoms with E-state index in [2.05, 4.69) is 0 Å². The van der Waals surface area contributed by atoms with Crippen molar-refractivity contribution in [1.82, 2.24) is 0 Å². The molecule has 54 valence electrons. The van der Waals surface area contributed by atoms with Crippen LogP contribution in [0.3, 0.4) is 0 Å². The van der Waals surface area contributed by atoms with Crippen molar-refractivity contribution in [3.63, 3.8) is 0 Å². The highest BCUT2D eigenvalue weighted by atomic mass is 35.5. The predicted molar refractivity (Wildman–Crippen MR) is 30.7 cm³/mol. The minimum Gasteiger partial charge on any atom is -1.00 e. The van der Waals surface area contributed by atoms with E-state index >= 15 is 0 Å². The highest BCUT2D eigenvalue weighted by Gasteiger charge is 2.25. The fourth-order valence-corrected chi connectivity index (χ4v) is 1.66. The number of carboxylic acids is 1. The Labute approximate surface area is 63.6 Å².